The third kappa shape index (κ3) is 4.07. The van der Waals surface area contributed by atoms with Crippen molar-refractivity contribution in [1.29, 1.82) is 10.5 Å². The molecule has 0 atom stereocenters. The molecule has 0 N–H and O–H groups in total. The number of benzene rings is 7. The van der Waals surface area contributed by atoms with Gasteiger partial charge in [0.15, 0.2) is 0 Å². The number of para-hydroxylation sites is 4. The summed E-state index contributed by atoms with van der Waals surface area (Å²) in [6.07, 6.45) is 0. The van der Waals surface area contributed by atoms with Gasteiger partial charge >= 0.3 is 0 Å². The van der Waals surface area contributed by atoms with Crippen molar-refractivity contribution in [2.24, 2.45) is 0 Å². The zero-order chi connectivity index (χ0) is 32.2. The van der Waals surface area contributed by atoms with Crippen LogP contribution < -0.4 is 0 Å². The Morgan fingerprint density at radius 1 is 0.396 bits per heavy atom. The van der Waals surface area contributed by atoms with Crippen LogP contribution in [0.2, 0.25) is 0 Å². The summed E-state index contributed by atoms with van der Waals surface area (Å²) in [4.78, 5) is 0. The molecule has 4 nitrogen and oxygen atoms in total. The average molecular weight is 611 g/mol. The van der Waals surface area contributed by atoms with E-state index in [1.807, 2.05) is 42.5 Å². The Bertz CT molecular complexity index is 2820. The van der Waals surface area contributed by atoms with Crippen LogP contribution in [0.1, 0.15) is 11.1 Å². The van der Waals surface area contributed by atoms with E-state index in [0.29, 0.717) is 11.1 Å². The van der Waals surface area contributed by atoms with Crippen molar-refractivity contribution in [3.63, 3.8) is 0 Å². The smallest absolute Gasteiger partial charge is 0.0998 e. The lowest BCUT2D eigenvalue weighted by Crippen LogP contribution is -1.98. The van der Waals surface area contributed by atoms with Gasteiger partial charge in [-0.15, -0.1) is 0 Å². The van der Waals surface area contributed by atoms with Crippen LogP contribution in [-0.2, 0) is 0 Å². The molecule has 0 saturated carbocycles. The van der Waals surface area contributed by atoms with Crippen molar-refractivity contribution in [2.45, 2.75) is 0 Å². The highest BCUT2D eigenvalue weighted by Crippen LogP contribution is 2.43. The van der Waals surface area contributed by atoms with Crippen LogP contribution in [0.3, 0.4) is 0 Å². The molecule has 4 heteroatoms. The fraction of sp³-hybridized carbons (Fsp3) is 0. The van der Waals surface area contributed by atoms with E-state index < -0.39 is 0 Å². The van der Waals surface area contributed by atoms with E-state index in [-0.39, 0.29) is 0 Å². The molecule has 222 valence electrons. The lowest BCUT2D eigenvalue weighted by Gasteiger charge is -2.16. The molecular formula is C44H26N4. The maximum Gasteiger partial charge on any atom is 0.0998 e. The summed E-state index contributed by atoms with van der Waals surface area (Å²) in [5.74, 6) is 0. The quantitative estimate of drug-likeness (QED) is 0.199. The first-order chi connectivity index (χ1) is 23.7. The van der Waals surface area contributed by atoms with Gasteiger partial charge in [-0.2, -0.15) is 10.5 Å². The van der Waals surface area contributed by atoms with E-state index in [2.05, 4.69) is 137 Å². The number of rotatable bonds is 4. The second-order valence-corrected chi connectivity index (χ2v) is 12.0. The highest BCUT2D eigenvalue weighted by molar-refractivity contribution is 6.19. The van der Waals surface area contributed by atoms with E-state index in [1.54, 1.807) is 0 Å². The van der Waals surface area contributed by atoms with Gasteiger partial charge in [-0.3, -0.25) is 0 Å². The number of fused-ring (bicyclic) bond motifs is 6. The molecule has 0 spiro atoms. The van der Waals surface area contributed by atoms with Crippen LogP contribution in [0.15, 0.2) is 158 Å². The summed E-state index contributed by atoms with van der Waals surface area (Å²) >= 11 is 0. The normalized spacial score (nSPS) is 11.3. The van der Waals surface area contributed by atoms with Crippen LogP contribution in [0.4, 0.5) is 0 Å². The van der Waals surface area contributed by atoms with Crippen molar-refractivity contribution in [3.8, 4) is 45.8 Å². The predicted molar refractivity (Wildman–Crippen MR) is 195 cm³/mol. The largest absolute Gasteiger partial charge is 0.309 e. The van der Waals surface area contributed by atoms with Crippen molar-refractivity contribution in [1.82, 2.24) is 9.13 Å². The second-order valence-electron chi connectivity index (χ2n) is 12.0. The first-order valence-electron chi connectivity index (χ1n) is 15.9. The number of nitrogens with zero attached hydrogens (tertiary/aromatic N) is 4. The van der Waals surface area contributed by atoms with Gasteiger partial charge in [0.25, 0.3) is 0 Å². The summed E-state index contributed by atoms with van der Waals surface area (Å²) in [6.45, 7) is 0. The summed E-state index contributed by atoms with van der Waals surface area (Å²) in [7, 11) is 0. The van der Waals surface area contributed by atoms with Crippen molar-refractivity contribution in [2.75, 3.05) is 0 Å². The Morgan fingerprint density at radius 2 is 0.896 bits per heavy atom. The molecule has 0 fully saturated rings. The molecule has 0 aliphatic rings. The zero-order valence-electron chi connectivity index (χ0n) is 25.8. The number of hydrogen-bond acceptors (Lipinski definition) is 2. The Balaban J connectivity index is 1.40. The molecule has 0 saturated heterocycles. The van der Waals surface area contributed by atoms with E-state index >= 15 is 0 Å². The minimum atomic E-state index is 0.621. The highest BCUT2D eigenvalue weighted by Gasteiger charge is 2.21. The Kier molecular flexibility index (Phi) is 6.22. The lowest BCUT2D eigenvalue weighted by molar-refractivity contribution is 1.17. The first kappa shape index (κ1) is 27.4. The lowest BCUT2D eigenvalue weighted by atomic mass is 9.98. The molecule has 0 aliphatic carbocycles. The minimum Gasteiger partial charge on any atom is -0.309 e. The number of aromatic nitrogens is 2. The molecule has 2 aromatic heterocycles. The fourth-order valence-electron chi connectivity index (χ4n) is 7.37. The van der Waals surface area contributed by atoms with Gasteiger partial charge in [-0.05, 0) is 59.7 Å². The first-order valence-corrected chi connectivity index (χ1v) is 15.9. The fourth-order valence-corrected chi connectivity index (χ4v) is 7.37. The molecule has 7 aromatic carbocycles. The third-order valence-corrected chi connectivity index (χ3v) is 9.38. The van der Waals surface area contributed by atoms with Crippen molar-refractivity contribution >= 4 is 43.6 Å². The van der Waals surface area contributed by atoms with Crippen LogP contribution in [-0.4, -0.2) is 9.13 Å². The monoisotopic (exact) mass is 610 g/mol. The van der Waals surface area contributed by atoms with Crippen molar-refractivity contribution < 1.29 is 0 Å². The number of hydrogen-bond donors (Lipinski definition) is 0. The molecule has 48 heavy (non-hydrogen) atoms. The molecule has 2 heterocycles. The molecular weight excluding hydrogens is 585 g/mol. The van der Waals surface area contributed by atoms with Gasteiger partial charge in [0, 0.05) is 44.0 Å². The molecule has 9 aromatic rings. The SMILES string of the molecule is N#Cc1cccc(-n2c3ccccc3c3cccc(-c4cccc5c6ccccc6n(-c6cccc(-c7ccccc7C#N)c6)c45)c32)c1. The molecule has 9 rings (SSSR count). The van der Waals surface area contributed by atoms with Gasteiger partial charge in [-0.25, -0.2) is 0 Å². The van der Waals surface area contributed by atoms with Gasteiger partial charge in [0.05, 0.1) is 45.3 Å². The Morgan fingerprint density at radius 3 is 1.52 bits per heavy atom. The van der Waals surface area contributed by atoms with Crippen LogP contribution in [0.5, 0.6) is 0 Å². The van der Waals surface area contributed by atoms with E-state index in [4.69, 9.17) is 0 Å². The second kappa shape index (κ2) is 10.9. The summed E-state index contributed by atoms with van der Waals surface area (Å²) in [6, 6.07) is 58.9. The summed E-state index contributed by atoms with van der Waals surface area (Å²) in [5, 5.41) is 24.3. The topological polar surface area (TPSA) is 57.4 Å². The highest BCUT2D eigenvalue weighted by atomic mass is 15.0. The van der Waals surface area contributed by atoms with Crippen LogP contribution in [0.25, 0.3) is 77.2 Å². The van der Waals surface area contributed by atoms with Crippen LogP contribution >= 0.6 is 0 Å². The number of nitriles is 2. The van der Waals surface area contributed by atoms with Gasteiger partial charge in [0.2, 0.25) is 0 Å². The summed E-state index contributed by atoms with van der Waals surface area (Å²) in [5.41, 5.74) is 11.8. The molecule has 0 bridgehead atoms. The standard InChI is InChI=1S/C44H26N4/c45-27-29-11-7-14-32(25-29)47-41-23-5-3-17-35(41)37-19-9-21-39(43(37)47)40-22-10-20-38-36-18-4-6-24-42(36)48(44(38)40)33-15-8-13-30(26-33)34-16-2-1-12-31(34)28-46/h1-26H. The van der Waals surface area contributed by atoms with Crippen LogP contribution in [0, 0.1) is 22.7 Å². The maximum atomic E-state index is 9.88. The van der Waals surface area contributed by atoms with Gasteiger partial charge in [-0.1, -0.05) is 109 Å². The zero-order valence-corrected chi connectivity index (χ0v) is 25.8. The van der Waals surface area contributed by atoms with E-state index in [1.165, 1.54) is 5.39 Å². The molecule has 0 amide bonds. The molecule has 0 unspecified atom stereocenters. The van der Waals surface area contributed by atoms with Crippen molar-refractivity contribution in [3.05, 3.63) is 169 Å². The van der Waals surface area contributed by atoms with Gasteiger partial charge < -0.3 is 9.13 Å². The van der Waals surface area contributed by atoms with E-state index in [9.17, 15) is 10.5 Å². The maximum absolute atomic E-state index is 9.88. The predicted octanol–water partition coefficient (Wildman–Crippen LogP) is 11.0. The minimum absolute atomic E-state index is 0.621. The van der Waals surface area contributed by atoms with E-state index in [0.717, 1.165) is 71.9 Å². The molecule has 0 radical (unpaired) electrons. The third-order valence-electron chi connectivity index (χ3n) is 9.38. The van der Waals surface area contributed by atoms with Gasteiger partial charge in [0.1, 0.15) is 0 Å². The Hall–Kier alpha value is -6.88. The average Bonchev–Trinajstić information content (AvgIpc) is 3.68. The Labute approximate surface area is 277 Å². The summed E-state index contributed by atoms with van der Waals surface area (Å²) < 4.78 is 4.66. The molecule has 0 aliphatic heterocycles.